The summed E-state index contributed by atoms with van der Waals surface area (Å²) in [5, 5.41) is 12.0. The van der Waals surface area contributed by atoms with Crippen LogP contribution in [0, 0.1) is 11.3 Å². The first-order valence-electron chi connectivity index (χ1n) is 11.3. The van der Waals surface area contributed by atoms with E-state index in [1.54, 1.807) is 18.1 Å². The molecule has 1 heterocycles. The van der Waals surface area contributed by atoms with Gasteiger partial charge < -0.3 is 10.2 Å². The van der Waals surface area contributed by atoms with Crippen molar-refractivity contribution in [1.29, 1.82) is 5.26 Å². The van der Waals surface area contributed by atoms with Crippen molar-refractivity contribution in [3.05, 3.63) is 95.0 Å². The molecule has 0 radical (unpaired) electrons. The number of nitrogens with zero attached hydrogens (tertiary/aromatic N) is 4. The van der Waals surface area contributed by atoms with Crippen LogP contribution in [-0.2, 0) is 11.3 Å². The Bertz CT molecular complexity index is 1430. The molecule has 0 aromatic heterocycles. The number of anilines is 2. The van der Waals surface area contributed by atoms with E-state index in [2.05, 4.69) is 22.9 Å². The largest absolute Gasteiger partial charge is 0.405 e. The van der Waals surface area contributed by atoms with Crippen molar-refractivity contribution < 1.29 is 18.0 Å². The predicted octanol–water partition coefficient (Wildman–Crippen LogP) is 6.56. The Labute approximate surface area is 227 Å². The molecule has 1 aliphatic heterocycles. The number of thioether (sulfide) groups is 1. The van der Waals surface area contributed by atoms with Gasteiger partial charge in [0.15, 0.2) is 5.17 Å². The fraction of sp³-hybridized carbons (Fsp3) is 0.148. The van der Waals surface area contributed by atoms with Crippen LogP contribution in [0.2, 0.25) is 0 Å². The first kappa shape index (κ1) is 27.2. The van der Waals surface area contributed by atoms with Crippen LogP contribution >= 0.6 is 24.4 Å². The smallest absolute Gasteiger partial charge is 0.375 e. The standard InChI is InChI=1S/C27H22F3N5OS2/c1-34(22-9-5-6-10-23(22)37)16-24-25(36)35(15-18-7-3-2-4-8-18)26(38-24)33-21-13-19(14-31)11-12-20(21)32-17-27(28,29)30/h2-13,16,32,37H,15,17H2,1H3/b24-16+,33-26?. The van der Waals surface area contributed by atoms with E-state index < -0.39 is 12.7 Å². The molecule has 0 aliphatic carbocycles. The topological polar surface area (TPSA) is 71.7 Å². The number of amidine groups is 1. The zero-order chi connectivity index (χ0) is 27.3. The monoisotopic (exact) mass is 553 g/mol. The summed E-state index contributed by atoms with van der Waals surface area (Å²) in [6.45, 7) is -1.06. The van der Waals surface area contributed by atoms with E-state index in [1.165, 1.54) is 23.1 Å². The van der Waals surface area contributed by atoms with Crippen molar-refractivity contribution in [2.45, 2.75) is 17.6 Å². The Morgan fingerprint density at radius 3 is 2.53 bits per heavy atom. The van der Waals surface area contributed by atoms with Crippen molar-refractivity contribution in [2.75, 3.05) is 23.8 Å². The fourth-order valence-corrected chi connectivity index (χ4v) is 4.96. The molecule has 11 heteroatoms. The van der Waals surface area contributed by atoms with E-state index in [4.69, 9.17) is 0 Å². The van der Waals surface area contributed by atoms with E-state index in [1.807, 2.05) is 60.7 Å². The molecule has 6 nitrogen and oxygen atoms in total. The van der Waals surface area contributed by atoms with Crippen LogP contribution < -0.4 is 10.2 Å². The van der Waals surface area contributed by atoms with Gasteiger partial charge in [-0.2, -0.15) is 18.4 Å². The lowest BCUT2D eigenvalue weighted by Gasteiger charge is -2.18. The van der Waals surface area contributed by atoms with Gasteiger partial charge in [0.25, 0.3) is 5.91 Å². The average Bonchev–Trinajstić information content (AvgIpc) is 3.17. The van der Waals surface area contributed by atoms with Crippen LogP contribution in [0.3, 0.4) is 0 Å². The number of alkyl halides is 3. The molecular formula is C27H22F3N5OS2. The molecule has 4 rings (SSSR count). The van der Waals surface area contributed by atoms with E-state index in [0.717, 1.165) is 27.9 Å². The molecule has 0 bridgehead atoms. The maximum atomic E-state index is 13.5. The number of nitriles is 1. The molecule has 1 fully saturated rings. The summed E-state index contributed by atoms with van der Waals surface area (Å²) < 4.78 is 38.7. The second-order valence-electron chi connectivity index (χ2n) is 8.28. The minimum atomic E-state index is -4.44. The Morgan fingerprint density at radius 2 is 1.84 bits per heavy atom. The molecule has 0 unspecified atom stereocenters. The Balaban J connectivity index is 1.74. The number of carbonyl (C=O) groups is 1. The molecule has 3 aromatic rings. The Hall–Kier alpha value is -3.88. The molecule has 3 aromatic carbocycles. The zero-order valence-corrected chi connectivity index (χ0v) is 21.8. The van der Waals surface area contributed by atoms with Crippen molar-refractivity contribution in [1.82, 2.24) is 4.90 Å². The molecule has 1 aliphatic rings. The highest BCUT2D eigenvalue weighted by atomic mass is 32.2. The van der Waals surface area contributed by atoms with E-state index in [-0.39, 0.29) is 34.6 Å². The number of para-hydroxylation sites is 1. The highest BCUT2D eigenvalue weighted by Crippen LogP contribution is 2.37. The maximum Gasteiger partial charge on any atom is 0.405 e. The van der Waals surface area contributed by atoms with Crippen molar-refractivity contribution in [3.8, 4) is 6.07 Å². The molecule has 1 amide bonds. The van der Waals surface area contributed by atoms with E-state index in [0.29, 0.717) is 4.91 Å². The summed E-state index contributed by atoms with van der Waals surface area (Å²) in [6.07, 6.45) is -2.77. The summed E-state index contributed by atoms with van der Waals surface area (Å²) in [4.78, 5) is 22.4. The molecule has 0 spiro atoms. The van der Waals surface area contributed by atoms with Crippen LogP contribution in [0.4, 0.5) is 30.2 Å². The van der Waals surface area contributed by atoms with Crippen LogP contribution in [0.5, 0.6) is 0 Å². The first-order chi connectivity index (χ1) is 18.1. The zero-order valence-electron chi connectivity index (χ0n) is 20.1. The van der Waals surface area contributed by atoms with Gasteiger partial charge in [-0.05, 0) is 47.7 Å². The minimum Gasteiger partial charge on any atom is -0.375 e. The third kappa shape index (κ3) is 6.70. The lowest BCUT2D eigenvalue weighted by molar-refractivity contribution is -0.122. The Morgan fingerprint density at radius 1 is 1.13 bits per heavy atom. The number of amides is 1. The average molecular weight is 554 g/mol. The molecule has 194 valence electrons. The van der Waals surface area contributed by atoms with Gasteiger partial charge in [-0.3, -0.25) is 9.69 Å². The van der Waals surface area contributed by atoms with Gasteiger partial charge in [-0.25, -0.2) is 4.99 Å². The Kier molecular flexibility index (Phi) is 8.34. The van der Waals surface area contributed by atoms with Gasteiger partial charge in [0, 0.05) is 18.1 Å². The minimum absolute atomic E-state index is 0.0973. The second kappa shape index (κ2) is 11.7. The molecule has 1 N–H and O–H groups in total. The number of thiol groups is 1. The normalized spacial score (nSPS) is 15.7. The molecule has 0 saturated carbocycles. The molecule has 1 saturated heterocycles. The van der Waals surface area contributed by atoms with Crippen LogP contribution in [0.15, 0.2) is 93.8 Å². The van der Waals surface area contributed by atoms with Crippen LogP contribution in [0.1, 0.15) is 11.1 Å². The number of rotatable bonds is 7. The lowest BCUT2D eigenvalue weighted by Crippen LogP contribution is -2.29. The van der Waals surface area contributed by atoms with Gasteiger partial charge in [0.05, 0.1) is 40.1 Å². The SMILES string of the molecule is CN(/C=C1/SC(=Nc2cc(C#N)ccc2NCC(F)(F)F)N(Cc2ccccc2)C1=O)c1ccccc1S. The lowest BCUT2D eigenvalue weighted by atomic mass is 10.2. The quantitative estimate of drug-likeness (QED) is 0.256. The van der Waals surface area contributed by atoms with Crippen molar-refractivity contribution in [3.63, 3.8) is 0 Å². The highest BCUT2D eigenvalue weighted by molar-refractivity contribution is 8.18. The van der Waals surface area contributed by atoms with Gasteiger partial charge in [0.1, 0.15) is 6.54 Å². The third-order valence-corrected chi connectivity index (χ3v) is 6.84. The van der Waals surface area contributed by atoms with Crippen LogP contribution in [-0.4, -0.2) is 35.7 Å². The first-order valence-corrected chi connectivity index (χ1v) is 12.6. The van der Waals surface area contributed by atoms with E-state index in [9.17, 15) is 23.2 Å². The summed E-state index contributed by atoms with van der Waals surface area (Å²) in [5.74, 6) is -0.303. The number of aliphatic imine (C=N–C) groups is 1. The van der Waals surface area contributed by atoms with Crippen LogP contribution in [0.25, 0.3) is 0 Å². The second-order valence-corrected chi connectivity index (χ2v) is 9.77. The number of hydrogen-bond acceptors (Lipinski definition) is 7. The van der Waals surface area contributed by atoms with E-state index >= 15 is 0 Å². The number of halogens is 3. The third-order valence-electron chi connectivity index (χ3n) is 5.47. The number of nitrogens with one attached hydrogen (secondary N) is 1. The predicted molar refractivity (Wildman–Crippen MR) is 148 cm³/mol. The summed E-state index contributed by atoms with van der Waals surface area (Å²) in [5.41, 5.74) is 2.09. The maximum absolute atomic E-state index is 13.5. The fourth-order valence-electron chi connectivity index (χ4n) is 3.64. The van der Waals surface area contributed by atoms with Gasteiger partial charge in [-0.15, -0.1) is 12.6 Å². The summed E-state index contributed by atoms with van der Waals surface area (Å²) >= 11 is 5.59. The van der Waals surface area contributed by atoms with Crippen molar-refractivity contribution >= 4 is 52.5 Å². The molecule has 0 atom stereocenters. The highest BCUT2D eigenvalue weighted by Gasteiger charge is 2.34. The summed E-state index contributed by atoms with van der Waals surface area (Å²) in [7, 11) is 1.79. The number of benzene rings is 3. The van der Waals surface area contributed by atoms with Gasteiger partial charge in [0.2, 0.25) is 0 Å². The van der Waals surface area contributed by atoms with Crippen molar-refractivity contribution in [2.24, 2.45) is 4.99 Å². The van der Waals surface area contributed by atoms with Gasteiger partial charge in [-0.1, -0.05) is 42.5 Å². The van der Waals surface area contributed by atoms with Gasteiger partial charge >= 0.3 is 6.18 Å². The number of hydrogen-bond donors (Lipinski definition) is 2. The molecular weight excluding hydrogens is 531 g/mol. The molecule has 38 heavy (non-hydrogen) atoms. The number of carbonyl (C=O) groups excluding carboxylic acids is 1. The summed E-state index contributed by atoms with van der Waals surface area (Å²) in [6, 6.07) is 22.9.